The Morgan fingerprint density at radius 2 is 1.83 bits per heavy atom. The van der Waals surface area contributed by atoms with Crippen molar-refractivity contribution in [3.05, 3.63) is 57.7 Å². The SMILES string of the molecule is CCOc1cc(/C=C2/NC(=O)N(c3ccc(Cl)cc3)C2=O)cc(Cl)c1O[C@@H](C)CC. The highest BCUT2D eigenvalue weighted by Crippen LogP contribution is 2.38. The summed E-state index contributed by atoms with van der Waals surface area (Å²) in [6, 6.07) is 9.29. The zero-order chi connectivity index (χ0) is 21.8. The molecule has 2 aromatic rings. The number of urea groups is 1. The van der Waals surface area contributed by atoms with Gasteiger partial charge in [-0.2, -0.15) is 0 Å². The summed E-state index contributed by atoms with van der Waals surface area (Å²) in [7, 11) is 0. The zero-order valence-electron chi connectivity index (χ0n) is 16.9. The highest BCUT2D eigenvalue weighted by molar-refractivity contribution is 6.33. The molecule has 1 fully saturated rings. The van der Waals surface area contributed by atoms with Crippen molar-refractivity contribution in [3.8, 4) is 11.5 Å². The van der Waals surface area contributed by atoms with Gasteiger partial charge in [-0.25, -0.2) is 9.69 Å². The number of imide groups is 1. The number of halogens is 2. The lowest BCUT2D eigenvalue weighted by Gasteiger charge is -2.18. The van der Waals surface area contributed by atoms with E-state index in [9.17, 15) is 9.59 Å². The number of amides is 3. The van der Waals surface area contributed by atoms with E-state index >= 15 is 0 Å². The maximum Gasteiger partial charge on any atom is 0.333 e. The van der Waals surface area contributed by atoms with Gasteiger partial charge >= 0.3 is 6.03 Å². The first kappa shape index (κ1) is 22.0. The lowest BCUT2D eigenvalue weighted by Crippen LogP contribution is -2.30. The molecule has 1 atom stereocenters. The first-order valence-corrected chi connectivity index (χ1v) is 10.3. The monoisotopic (exact) mass is 448 g/mol. The second-order valence-corrected chi connectivity index (χ2v) is 7.55. The number of benzene rings is 2. The van der Waals surface area contributed by atoms with Gasteiger partial charge in [0, 0.05) is 5.02 Å². The van der Waals surface area contributed by atoms with E-state index < -0.39 is 11.9 Å². The molecule has 1 aliphatic heterocycles. The van der Waals surface area contributed by atoms with E-state index in [1.54, 1.807) is 42.5 Å². The molecule has 0 saturated carbocycles. The molecule has 3 rings (SSSR count). The average Bonchev–Trinajstić information content (AvgIpc) is 2.98. The quantitative estimate of drug-likeness (QED) is 0.437. The summed E-state index contributed by atoms with van der Waals surface area (Å²) in [4.78, 5) is 26.2. The van der Waals surface area contributed by atoms with Crippen LogP contribution in [0.25, 0.3) is 6.08 Å². The molecule has 3 amide bonds. The van der Waals surface area contributed by atoms with Gasteiger partial charge in [0.15, 0.2) is 11.5 Å². The molecule has 6 nitrogen and oxygen atoms in total. The maximum atomic E-state index is 12.8. The number of hydrogen-bond acceptors (Lipinski definition) is 4. The van der Waals surface area contributed by atoms with Crippen molar-refractivity contribution in [2.24, 2.45) is 0 Å². The van der Waals surface area contributed by atoms with Crippen molar-refractivity contribution in [1.29, 1.82) is 0 Å². The predicted octanol–water partition coefficient (Wildman–Crippen LogP) is 5.67. The predicted molar refractivity (Wildman–Crippen MR) is 118 cm³/mol. The molecule has 1 N–H and O–H groups in total. The molecule has 1 aliphatic rings. The number of carbonyl (C=O) groups is 2. The molecule has 30 heavy (non-hydrogen) atoms. The van der Waals surface area contributed by atoms with E-state index in [1.165, 1.54) is 0 Å². The third-order valence-electron chi connectivity index (χ3n) is 4.50. The van der Waals surface area contributed by atoms with Crippen LogP contribution in [0.1, 0.15) is 32.8 Å². The van der Waals surface area contributed by atoms with Crippen LogP contribution in [0.5, 0.6) is 11.5 Å². The van der Waals surface area contributed by atoms with Crippen molar-refractivity contribution in [2.45, 2.75) is 33.3 Å². The van der Waals surface area contributed by atoms with E-state index in [0.29, 0.717) is 39.4 Å². The molecule has 0 bridgehead atoms. The van der Waals surface area contributed by atoms with Crippen LogP contribution in [-0.4, -0.2) is 24.6 Å². The van der Waals surface area contributed by atoms with Crippen LogP contribution in [0.2, 0.25) is 10.0 Å². The van der Waals surface area contributed by atoms with E-state index in [-0.39, 0.29) is 11.8 Å². The molecule has 0 aliphatic carbocycles. The molecule has 0 aromatic heterocycles. The maximum absolute atomic E-state index is 12.8. The van der Waals surface area contributed by atoms with Crippen LogP contribution in [0.15, 0.2) is 42.1 Å². The zero-order valence-corrected chi connectivity index (χ0v) is 18.4. The van der Waals surface area contributed by atoms with Crippen molar-refractivity contribution in [2.75, 3.05) is 11.5 Å². The van der Waals surface area contributed by atoms with Crippen LogP contribution in [0.3, 0.4) is 0 Å². The third kappa shape index (κ3) is 4.71. The second kappa shape index (κ2) is 9.41. The standard InChI is InChI=1S/C22H22Cl2N2O4/c1-4-13(3)30-20-17(24)10-14(12-19(20)29-5-2)11-18-21(27)26(22(28)25-18)16-8-6-15(23)7-9-16/h6-13H,4-5H2,1-3H3,(H,25,28)/b18-11+/t13-/m0/s1. The van der Waals surface area contributed by atoms with Gasteiger partial charge in [0.1, 0.15) is 5.70 Å². The van der Waals surface area contributed by atoms with Gasteiger partial charge in [-0.3, -0.25) is 4.79 Å². The minimum absolute atomic E-state index is 0.0328. The van der Waals surface area contributed by atoms with E-state index in [4.69, 9.17) is 32.7 Å². The smallest absolute Gasteiger partial charge is 0.333 e. The fourth-order valence-electron chi connectivity index (χ4n) is 2.86. The van der Waals surface area contributed by atoms with E-state index in [0.717, 1.165) is 11.3 Å². The summed E-state index contributed by atoms with van der Waals surface area (Å²) < 4.78 is 11.6. The Morgan fingerprint density at radius 1 is 1.13 bits per heavy atom. The molecular weight excluding hydrogens is 427 g/mol. The molecule has 8 heteroatoms. The van der Waals surface area contributed by atoms with Crippen molar-refractivity contribution in [1.82, 2.24) is 5.32 Å². The Bertz CT molecular complexity index is 989. The van der Waals surface area contributed by atoms with E-state index in [2.05, 4.69) is 5.32 Å². The first-order valence-electron chi connectivity index (χ1n) is 9.59. The molecule has 158 valence electrons. The lowest BCUT2D eigenvalue weighted by molar-refractivity contribution is -0.113. The van der Waals surface area contributed by atoms with Crippen LogP contribution >= 0.6 is 23.2 Å². The van der Waals surface area contributed by atoms with Crippen molar-refractivity contribution >= 4 is 46.9 Å². The largest absolute Gasteiger partial charge is 0.490 e. The van der Waals surface area contributed by atoms with Crippen LogP contribution in [-0.2, 0) is 4.79 Å². The first-order chi connectivity index (χ1) is 14.3. The summed E-state index contributed by atoms with van der Waals surface area (Å²) in [5.74, 6) is 0.458. The lowest BCUT2D eigenvalue weighted by atomic mass is 10.1. The van der Waals surface area contributed by atoms with Crippen LogP contribution in [0.4, 0.5) is 10.5 Å². The van der Waals surface area contributed by atoms with Gasteiger partial charge in [0.25, 0.3) is 5.91 Å². The van der Waals surface area contributed by atoms with Gasteiger partial charge in [-0.05, 0) is 68.3 Å². The summed E-state index contributed by atoms with van der Waals surface area (Å²) >= 11 is 12.3. The minimum atomic E-state index is -0.540. The van der Waals surface area contributed by atoms with Gasteiger partial charge in [0.2, 0.25) is 0 Å². The molecule has 0 spiro atoms. The van der Waals surface area contributed by atoms with Crippen LogP contribution < -0.4 is 19.7 Å². The molecule has 1 heterocycles. The highest BCUT2D eigenvalue weighted by Gasteiger charge is 2.34. The summed E-state index contributed by atoms with van der Waals surface area (Å²) in [6.07, 6.45) is 2.33. The topological polar surface area (TPSA) is 67.9 Å². The Hall–Kier alpha value is -2.70. The fraction of sp³-hybridized carbons (Fsp3) is 0.273. The Balaban J connectivity index is 1.93. The highest BCUT2D eigenvalue weighted by atomic mass is 35.5. The normalized spacial score (nSPS) is 16.0. The number of anilines is 1. The Kier molecular flexibility index (Phi) is 6.90. The number of nitrogens with one attached hydrogen (secondary N) is 1. The molecule has 0 radical (unpaired) electrons. The van der Waals surface area contributed by atoms with Crippen molar-refractivity contribution in [3.63, 3.8) is 0 Å². The molecular formula is C22H22Cl2N2O4. The number of carbonyl (C=O) groups excluding carboxylic acids is 2. The second-order valence-electron chi connectivity index (χ2n) is 6.70. The summed E-state index contributed by atoms with van der Waals surface area (Å²) in [6.45, 7) is 6.24. The summed E-state index contributed by atoms with van der Waals surface area (Å²) in [5, 5.41) is 3.47. The number of rotatable bonds is 7. The minimum Gasteiger partial charge on any atom is -0.490 e. The molecule has 0 unspecified atom stereocenters. The van der Waals surface area contributed by atoms with Gasteiger partial charge in [-0.1, -0.05) is 30.1 Å². The number of ether oxygens (including phenoxy) is 2. The summed E-state index contributed by atoms with van der Waals surface area (Å²) in [5.41, 5.74) is 1.15. The molecule has 2 aromatic carbocycles. The van der Waals surface area contributed by atoms with Crippen molar-refractivity contribution < 1.29 is 19.1 Å². The van der Waals surface area contributed by atoms with E-state index in [1.807, 2.05) is 20.8 Å². The Labute approximate surface area is 185 Å². The van der Waals surface area contributed by atoms with Gasteiger partial charge in [-0.15, -0.1) is 0 Å². The molecule has 1 saturated heterocycles. The third-order valence-corrected chi connectivity index (χ3v) is 5.03. The Morgan fingerprint density at radius 3 is 2.47 bits per heavy atom. The number of hydrogen-bond donors (Lipinski definition) is 1. The van der Waals surface area contributed by atoms with Gasteiger partial charge in [0.05, 0.1) is 23.4 Å². The fourth-order valence-corrected chi connectivity index (χ4v) is 3.25. The number of nitrogens with zero attached hydrogens (tertiary/aromatic N) is 1. The average molecular weight is 449 g/mol. The van der Waals surface area contributed by atoms with Crippen LogP contribution in [0, 0.1) is 0 Å². The van der Waals surface area contributed by atoms with Gasteiger partial charge < -0.3 is 14.8 Å².